The van der Waals surface area contributed by atoms with E-state index in [1.807, 2.05) is 6.92 Å². The van der Waals surface area contributed by atoms with Crippen LogP contribution in [0.3, 0.4) is 0 Å². The first-order chi connectivity index (χ1) is 12.3. The molecule has 0 saturated carbocycles. The second-order valence-corrected chi connectivity index (χ2v) is 8.48. The van der Waals surface area contributed by atoms with Crippen molar-refractivity contribution in [3.8, 4) is 0 Å². The normalized spacial score (nSPS) is 17.8. The van der Waals surface area contributed by atoms with Gasteiger partial charge >= 0.3 is 0 Å². The first-order valence-corrected chi connectivity index (χ1v) is 10.4. The Morgan fingerprint density at radius 1 is 1.31 bits per heavy atom. The maximum absolute atomic E-state index is 12.9. The Hall–Kier alpha value is -1.93. The standard InChI is InChI=1S/C18H27N3O4S/c1-4-6-17(22)20-14-7-5-10-21(12-14)18(23)16-11-15(9-8-13(16)2)26(24,25)19-3/h8-9,11,14,19H,4-7,10,12H2,1-3H3,(H,20,22). The molecule has 1 aromatic rings. The Bertz CT molecular complexity index is 777. The Labute approximate surface area is 155 Å². The highest BCUT2D eigenvalue weighted by Gasteiger charge is 2.27. The monoisotopic (exact) mass is 381 g/mol. The lowest BCUT2D eigenvalue weighted by atomic mass is 10.0. The Morgan fingerprint density at radius 3 is 2.69 bits per heavy atom. The highest BCUT2D eigenvalue weighted by Crippen LogP contribution is 2.20. The molecule has 0 radical (unpaired) electrons. The van der Waals surface area contributed by atoms with Gasteiger partial charge in [0.1, 0.15) is 0 Å². The Balaban J connectivity index is 2.17. The molecular formula is C18H27N3O4S. The molecule has 0 bridgehead atoms. The zero-order valence-electron chi connectivity index (χ0n) is 15.5. The van der Waals surface area contributed by atoms with Crippen LogP contribution < -0.4 is 10.0 Å². The lowest BCUT2D eigenvalue weighted by molar-refractivity contribution is -0.122. The molecule has 1 heterocycles. The van der Waals surface area contributed by atoms with Gasteiger partial charge in [0.25, 0.3) is 5.91 Å². The quantitative estimate of drug-likeness (QED) is 0.779. The van der Waals surface area contributed by atoms with Gasteiger partial charge in [0.2, 0.25) is 15.9 Å². The van der Waals surface area contributed by atoms with E-state index in [-0.39, 0.29) is 22.8 Å². The molecule has 7 nitrogen and oxygen atoms in total. The van der Waals surface area contributed by atoms with Crippen molar-refractivity contribution in [3.05, 3.63) is 29.3 Å². The summed E-state index contributed by atoms with van der Waals surface area (Å²) in [5.41, 5.74) is 1.10. The molecule has 144 valence electrons. The minimum absolute atomic E-state index is 0.00471. The van der Waals surface area contributed by atoms with Crippen molar-refractivity contribution in [1.82, 2.24) is 14.9 Å². The molecule has 2 rings (SSSR count). The number of likely N-dealkylation sites (tertiary alicyclic amines) is 1. The van der Waals surface area contributed by atoms with Crippen LogP contribution in [0.1, 0.15) is 48.5 Å². The number of sulfonamides is 1. The molecule has 1 saturated heterocycles. The van der Waals surface area contributed by atoms with Gasteiger partial charge in [-0.05, 0) is 50.9 Å². The average Bonchev–Trinajstić information content (AvgIpc) is 2.61. The predicted molar refractivity (Wildman–Crippen MR) is 99.4 cm³/mol. The number of hydrogen-bond acceptors (Lipinski definition) is 4. The summed E-state index contributed by atoms with van der Waals surface area (Å²) in [7, 11) is -2.27. The molecule has 0 aliphatic carbocycles. The lowest BCUT2D eigenvalue weighted by Gasteiger charge is -2.33. The lowest BCUT2D eigenvalue weighted by Crippen LogP contribution is -2.49. The van der Waals surface area contributed by atoms with Gasteiger partial charge in [-0.3, -0.25) is 9.59 Å². The van der Waals surface area contributed by atoms with E-state index in [2.05, 4.69) is 10.0 Å². The third-order valence-corrected chi connectivity index (χ3v) is 5.98. The average molecular weight is 381 g/mol. The zero-order valence-corrected chi connectivity index (χ0v) is 16.4. The number of benzene rings is 1. The van der Waals surface area contributed by atoms with Crippen molar-refractivity contribution in [2.45, 2.75) is 50.5 Å². The molecule has 1 aliphatic rings. The number of hydrogen-bond donors (Lipinski definition) is 2. The van der Waals surface area contributed by atoms with Crippen molar-refractivity contribution in [2.75, 3.05) is 20.1 Å². The van der Waals surface area contributed by atoms with E-state index in [0.29, 0.717) is 25.1 Å². The molecule has 1 unspecified atom stereocenters. The van der Waals surface area contributed by atoms with Gasteiger partial charge in [-0.25, -0.2) is 13.1 Å². The maximum Gasteiger partial charge on any atom is 0.254 e. The molecule has 26 heavy (non-hydrogen) atoms. The third-order valence-electron chi connectivity index (χ3n) is 4.57. The van der Waals surface area contributed by atoms with Crippen LogP contribution in [0, 0.1) is 6.92 Å². The van der Waals surface area contributed by atoms with Crippen LogP contribution in [-0.2, 0) is 14.8 Å². The van der Waals surface area contributed by atoms with Gasteiger partial charge in [-0.1, -0.05) is 13.0 Å². The van der Waals surface area contributed by atoms with E-state index in [1.54, 1.807) is 17.9 Å². The summed E-state index contributed by atoms with van der Waals surface area (Å²) in [6.07, 6.45) is 2.91. The Morgan fingerprint density at radius 2 is 2.04 bits per heavy atom. The van der Waals surface area contributed by atoms with Gasteiger partial charge in [-0.2, -0.15) is 0 Å². The van der Waals surface area contributed by atoms with Crippen LogP contribution in [0.25, 0.3) is 0 Å². The van der Waals surface area contributed by atoms with E-state index in [1.165, 1.54) is 19.2 Å². The summed E-state index contributed by atoms with van der Waals surface area (Å²) in [5, 5.41) is 2.98. The highest BCUT2D eigenvalue weighted by molar-refractivity contribution is 7.89. The number of rotatable bonds is 6. The number of carbonyl (C=O) groups is 2. The third kappa shape index (κ3) is 4.82. The van der Waals surface area contributed by atoms with Gasteiger partial charge in [0.15, 0.2) is 0 Å². The van der Waals surface area contributed by atoms with Crippen LogP contribution in [0.15, 0.2) is 23.1 Å². The van der Waals surface area contributed by atoms with E-state index in [4.69, 9.17) is 0 Å². The summed E-state index contributed by atoms with van der Waals surface area (Å²) in [6, 6.07) is 4.49. The zero-order chi connectivity index (χ0) is 19.3. The topological polar surface area (TPSA) is 95.6 Å². The fraction of sp³-hybridized carbons (Fsp3) is 0.556. The summed E-state index contributed by atoms with van der Waals surface area (Å²) >= 11 is 0. The molecule has 2 N–H and O–H groups in total. The van der Waals surface area contributed by atoms with E-state index >= 15 is 0 Å². The maximum atomic E-state index is 12.9. The van der Waals surface area contributed by atoms with Crippen molar-refractivity contribution in [1.29, 1.82) is 0 Å². The second-order valence-electron chi connectivity index (χ2n) is 6.59. The van der Waals surface area contributed by atoms with Crippen LogP contribution in [0.2, 0.25) is 0 Å². The van der Waals surface area contributed by atoms with Crippen LogP contribution in [0.4, 0.5) is 0 Å². The van der Waals surface area contributed by atoms with Crippen molar-refractivity contribution in [2.24, 2.45) is 0 Å². The molecular weight excluding hydrogens is 354 g/mol. The Kier molecular flexibility index (Phi) is 6.77. The molecule has 8 heteroatoms. The molecule has 0 spiro atoms. The first-order valence-electron chi connectivity index (χ1n) is 8.91. The summed E-state index contributed by atoms with van der Waals surface area (Å²) in [5.74, 6) is -0.199. The molecule has 1 fully saturated rings. The summed E-state index contributed by atoms with van der Waals surface area (Å²) in [4.78, 5) is 26.5. The fourth-order valence-corrected chi connectivity index (χ4v) is 3.85. The summed E-state index contributed by atoms with van der Waals surface area (Å²) in [6.45, 7) is 4.77. The fourth-order valence-electron chi connectivity index (χ4n) is 3.09. The molecule has 1 aromatic carbocycles. The van der Waals surface area contributed by atoms with Gasteiger partial charge in [0, 0.05) is 31.1 Å². The molecule has 0 aromatic heterocycles. The van der Waals surface area contributed by atoms with Crippen LogP contribution in [0.5, 0.6) is 0 Å². The highest BCUT2D eigenvalue weighted by atomic mass is 32.2. The number of aryl methyl sites for hydroxylation is 1. The van der Waals surface area contributed by atoms with E-state index in [0.717, 1.165) is 24.8 Å². The van der Waals surface area contributed by atoms with E-state index < -0.39 is 10.0 Å². The largest absolute Gasteiger partial charge is 0.352 e. The van der Waals surface area contributed by atoms with Crippen molar-refractivity contribution in [3.63, 3.8) is 0 Å². The number of amides is 2. The minimum Gasteiger partial charge on any atom is -0.352 e. The van der Waals surface area contributed by atoms with Gasteiger partial charge in [-0.15, -0.1) is 0 Å². The first kappa shape index (κ1) is 20.4. The number of carbonyl (C=O) groups excluding carboxylic acids is 2. The van der Waals surface area contributed by atoms with Crippen molar-refractivity contribution < 1.29 is 18.0 Å². The molecule has 1 aliphatic heterocycles. The molecule has 1 atom stereocenters. The smallest absolute Gasteiger partial charge is 0.254 e. The van der Waals surface area contributed by atoms with Crippen LogP contribution in [-0.4, -0.2) is 51.3 Å². The summed E-state index contributed by atoms with van der Waals surface area (Å²) < 4.78 is 26.3. The second kappa shape index (κ2) is 8.64. The number of nitrogens with one attached hydrogen (secondary N) is 2. The predicted octanol–water partition coefficient (Wildman–Crippen LogP) is 1.42. The van der Waals surface area contributed by atoms with E-state index in [9.17, 15) is 18.0 Å². The van der Waals surface area contributed by atoms with Crippen LogP contribution >= 0.6 is 0 Å². The minimum atomic E-state index is -3.61. The SMILES string of the molecule is CCCC(=O)NC1CCCN(C(=O)c2cc(S(=O)(=O)NC)ccc2C)C1. The van der Waals surface area contributed by atoms with Crippen molar-refractivity contribution >= 4 is 21.8 Å². The molecule has 2 amide bonds. The van der Waals surface area contributed by atoms with Gasteiger partial charge in [0.05, 0.1) is 4.90 Å². The number of nitrogens with zero attached hydrogens (tertiary/aromatic N) is 1. The number of piperidine rings is 1. The van der Waals surface area contributed by atoms with Gasteiger partial charge < -0.3 is 10.2 Å².